The van der Waals surface area contributed by atoms with Gasteiger partial charge in [-0.25, -0.2) is 8.42 Å². The second kappa shape index (κ2) is 12.4. The van der Waals surface area contributed by atoms with E-state index in [0.29, 0.717) is 10.0 Å². The standard InChI is InChI=1S/C33H33Cl2N3O5S/c1-33(18-30(39)40)17-27(23-7-5-8-26(35)16-23)31(22-12-14-25(34)15-13-22)38(32(33)41)29(21-10-11-21)20-37(44(2,42)43)28-9-4-3-6-24(28)19-36/h3-9,12-16,21,27,29,31H,10-11,17-18,20H2,1-2H3,(H,39,40)/t27-,29?,31-,33-/m1/s1. The van der Waals surface area contributed by atoms with Crippen LogP contribution in [-0.4, -0.2) is 49.1 Å². The number of rotatable bonds is 10. The van der Waals surface area contributed by atoms with E-state index in [1.807, 2.05) is 30.3 Å². The summed E-state index contributed by atoms with van der Waals surface area (Å²) in [6.45, 7) is 1.58. The quantitative estimate of drug-likeness (QED) is 0.262. The summed E-state index contributed by atoms with van der Waals surface area (Å²) in [6, 6.07) is 21.9. The Morgan fingerprint density at radius 2 is 1.75 bits per heavy atom. The molecule has 44 heavy (non-hydrogen) atoms. The van der Waals surface area contributed by atoms with Crippen LogP contribution >= 0.6 is 23.2 Å². The molecule has 1 unspecified atom stereocenters. The SMILES string of the molecule is C[C@]1(CC(=O)O)C[C@H](c2cccc(Cl)c2)[C@@H](c2ccc(Cl)cc2)N(C(CN(c2ccccc2C#N)S(C)(=O)=O)C2CC2)C1=O. The molecule has 3 aromatic rings. The number of hydrogen-bond donors (Lipinski definition) is 1. The largest absolute Gasteiger partial charge is 0.481 e. The van der Waals surface area contributed by atoms with Crippen molar-refractivity contribution in [2.24, 2.45) is 11.3 Å². The summed E-state index contributed by atoms with van der Waals surface area (Å²) in [6.07, 6.45) is 2.49. The molecule has 1 heterocycles. The Balaban J connectivity index is 1.72. The normalized spacial score (nSPS) is 22.7. The highest BCUT2D eigenvalue weighted by Gasteiger charge is 2.55. The Bertz CT molecular complexity index is 1720. The third kappa shape index (κ3) is 6.58. The summed E-state index contributed by atoms with van der Waals surface area (Å²) < 4.78 is 27.9. The third-order valence-corrected chi connectivity index (χ3v) is 10.3. The zero-order chi connectivity index (χ0) is 31.8. The van der Waals surface area contributed by atoms with E-state index < -0.39 is 39.9 Å². The number of halogens is 2. The van der Waals surface area contributed by atoms with Crippen LogP contribution in [0.3, 0.4) is 0 Å². The van der Waals surface area contributed by atoms with Crippen LogP contribution in [-0.2, 0) is 19.6 Å². The first-order valence-corrected chi connectivity index (χ1v) is 16.9. The van der Waals surface area contributed by atoms with Crippen LogP contribution in [0.1, 0.15) is 61.3 Å². The van der Waals surface area contributed by atoms with Crippen LogP contribution < -0.4 is 4.31 Å². The van der Waals surface area contributed by atoms with Gasteiger partial charge in [-0.3, -0.25) is 13.9 Å². The summed E-state index contributed by atoms with van der Waals surface area (Å²) in [5.74, 6) is -1.84. The average molecular weight is 655 g/mol. The monoisotopic (exact) mass is 653 g/mol. The van der Waals surface area contributed by atoms with Crippen LogP contribution in [0.25, 0.3) is 0 Å². The second-order valence-corrected chi connectivity index (χ2v) is 14.8. The minimum atomic E-state index is -3.90. The Morgan fingerprint density at radius 1 is 1.07 bits per heavy atom. The highest BCUT2D eigenvalue weighted by atomic mass is 35.5. The molecule has 8 nitrogen and oxygen atoms in total. The van der Waals surface area contributed by atoms with Gasteiger partial charge in [0.2, 0.25) is 15.9 Å². The highest BCUT2D eigenvalue weighted by molar-refractivity contribution is 7.92. The van der Waals surface area contributed by atoms with Crippen LogP contribution in [0.2, 0.25) is 10.0 Å². The second-order valence-electron chi connectivity index (χ2n) is 12.0. The number of carbonyl (C=O) groups is 2. The molecule has 0 aromatic heterocycles. The number of anilines is 1. The lowest BCUT2D eigenvalue weighted by Crippen LogP contribution is -2.59. The summed E-state index contributed by atoms with van der Waals surface area (Å²) >= 11 is 12.7. The van der Waals surface area contributed by atoms with Gasteiger partial charge in [0.15, 0.2) is 0 Å². The molecule has 1 saturated heterocycles. The molecule has 0 bridgehead atoms. The van der Waals surface area contributed by atoms with Crippen molar-refractivity contribution in [1.82, 2.24) is 4.90 Å². The number of carbonyl (C=O) groups excluding carboxylic acids is 1. The number of piperidine rings is 1. The molecule has 0 radical (unpaired) electrons. The molecule has 2 fully saturated rings. The molecule has 0 spiro atoms. The van der Waals surface area contributed by atoms with Crippen LogP contribution in [0.5, 0.6) is 0 Å². The molecule has 4 atom stereocenters. The molecule has 1 aliphatic carbocycles. The van der Waals surface area contributed by atoms with Crippen molar-refractivity contribution in [3.63, 3.8) is 0 Å². The van der Waals surface area contributed by atoms with Crippen molar-refractivity contribution in [3.05, 3.63) is 99.5 Å². The van der Waals surface area contributed by atoms with Gasteiger partial charge >= 0.3 is 5.97 Å². The van der Waals surface area contributed by atoms with Gasteiger partial charge in [0.1, 0.15) is 6.07 Å². The fourth-order valence-corrected chi connectivity index (χ4v) is 7.82. The van der Waals surface area contributed by atoms with E-state index in [0.717, 1.165) is 30.2 Å². The maximum absolute atomic E-state index is 14.7. The van der Waals surface area contributed by atoms with Crippen molar-refractivity contribution in [2.45, 2.75) is 50.6 Å². The van der Waals surface area contributed by atoms with E-state index >= 15 is 0 Å². The Hall–Kier alpha value is -3.58. The van der Waals surface area contributed by atoms with Gasteiger partial charge in [0, 0.05) is 16.0 Å². The number of amides is 1. The summed E-state index contributed by atoms with van der Waals surface area (Å²) in [5, 5.41) is 20.8. The van der Waals surface area contributed by atoms with E-state index in [1.165, 1.54) is 4.31 Å². The topological polar surface area (TPSA) is 119 Å². The molecule has 11 heteroatoms. The molecule has 3 aromatic carbocycles. The Morgan fingerprint density at radius 3 is 2.34 bits per heavy atom. The lowest BCUT2D eigenvalue weighted by molar-refractivity contribution is -0.160. The van der Waals surface area contributed by atoms with E-state index in [1.54, 1.807) is 54.3 Å². The third-order valence-electron chi connectivity index (χ3n) is 8.70. The average Bonchev–Trinajstić information content (AvgIpc) is 3.80. The molecule has 1 N–H and O–H groups in total. The van der Waals surface area contributed by atoms with E-state index in [2.05, 4.69) is 6.07 Å². The van der Waals surface area contributed by atoms with Crippen molar-refractivity contribution in [2.75, 3.05) is 17.1 Å². The van der Waals surface area contributed by atoms with Crippen LogP contribution in [0, 0.1) is 22.7 Å². The van der Waals surface area contributed by atoms with Crippen LogP contribution in [0.15, 0.2) is 72.8 Å². The number of carboxylic acid groups (broad SMARTS) is 1. The summed E-state index contributed by atoms with van der Waals surface area (Å²) in [7, 11) is -3.90. The van der Waals surface area contributed by atoms with Crippen molar-refractivity contribution >= 4 is 50.8 Å². The van der Waals surface area contributed by atoms with Gasteiger partial charge in [-0.2, -0.15) is 5.26 Å². The smallest absolute Gasteiger partial charge is 0.304 e. The molecular weight excluding hydrogens is 621 g/mol. The lowest BCUT2D eigenvalue weighted by Gasteiger charge is -2.52. The Kier molecular flexibility index (Phi) is 8.99. The zero-order valence-electron chi connectivity index (χ0n) is 24.4. The van der Waals surface area contributed by atoms with E-state index in [4.69, 9.17) is 23.2 Å². The number of aliphatic carboxylic acids is 1. The van der Waals surface area contributed by atoms with Crippen molar-refractivity contribution < 1.29 is 23.1 Å². The predicted molar refractivity (Wildman–Crippen MR) is 170 cm³/mol. The van der Waals surface area contributed by atoms with Gasteiger partial charge in [0.25, 0.3) is 0 Å². The number of carboxylic acids is 1. The molecule has 5 rings (SSSR count). The number of likely N-dealkylation sites (tertiary alicyclic amines) is 1. The fourth-order valence-electron chi connectivity index (χ4n) is 6.56. The zero-order valence-corrected chi connectivity index (χ0v) is 26.7. The van der Waals surface area contributed by atoms with E-state index in [-0.39, 0.29) is 42.0 Å². The minimum Gasteiger partial charge on any atom is -0.481 e. The highest BCUT2D eigenvalue weighted by Crippen LogP contribution is 2.54. The first-order chi connectivity index (χ1) is 20.8. The molecule has 2 aliphatic rings. The van der Waals surface area contributed by atoms with Gasteiger partial charge < -0.3 is 10.0 Å². The molecule has 1 aliphatic heterocycles. The number of nitriles is 1. The maximum Gasteiger partial charge on any atom is 0.304 e. The lowest BCUT2D eigenvalue weighted by atomic mass is 9.67. The first-order valence-electron chi connectivity index (χ1n) is 14.3. The van der Waals surface area contributed by atoms with Crippen molar-refractivity contribution in [3.8, 4) is 6.07 Å². The van der Waals surface area contributed by atoms with Gasteiger partial charge in [-0.15, -0.1) is 0 Å². The fraction of sp³-hybridized carbons (Fsp3) is 0.364. The number of nitrogens with zero attached hydrogens (tertiary/aromatic N) is 3. The minimum absolute atomic E-state index is 0.0283. The number of sulfonamides is 1. The van der Waals surface area contributed by atoms with E-state index in [9.17, 15) is 28.4 Å². The van der Waals surface area contributed by atoms with Gasteiger partial charge in [-0.1, -0.05) is 66.5 Å². The van der Waals surface area contributed by atoms with Crippen LogP contribution in [0.4, 0.5) is 5.69 Å². The molecule has 1 amide bonds. The van der Waals surface area contributed by atoms with Crippen molar-refractivity contribution in [1.29, 1.82) is 5.26 Å². The summed E-state index contributed by atoms with van der Waals surface area (Å²) in [4.78, 5) is 28.6. The molecular formula is C33H33Cl2N3O5S. The van der Waals surface area contributed by atoms with Gasteiger partial charge in [-0.05, 0) is 72.7 Å². The predicted octanol–water partition coefficient (Wildman–Crippen LogP) is 6.65. The number of para-hydroxylation sites is 1. The van der Waals surface area contributed by atoms with Gasteiger partial charge in [0.05, 0.1) is 48.0 Å². The molecule has 1 saturated carbocycles. The Labute approximate surface area is 267 Å². The maximum atomic E-state index is 14.7. The number of hydrogen-bond acceptors (Lipinski definition) is 5. The number of benzene rings is 3. The summed E-state index contributed by atoms with van der Waals surface area (Å²) in [5.41, 5.74) is 0.777. The first kappa shape index (κ1) is 31.8. The molecule has 230 valence electrons.